The number of likely N-dealkylation sites (tertiary alicyclic amines) is 2. The molecule has 13 nitrogen and oxygen atoms in total. The Morgan fingerprint density at radius 3 is 2.36 bits per heavy atom. The molecule has 4 fully saturated rings. The van der Waals surface area contributed by atoms with Crippen molar-refractivity contribution in [2.75, 3.05) is 26.2 Å². The Morgan fingerprint density at radius 2 is 1.68 bits per heavy atom. The van der Waals surface area contributed by atoms with Crippen LogP contribution < -0.4 is 16.2 Å². The van der Waals surface area contributed by atoms with Crippen molar-refractivity contribution in [1.29, 1.82) is 0 Å². The van der Waals surface area contributed by atoms with Crippen LogP contribution in [0.25, 0.3) is 38.2 Å². The number of nitrogens with zero attached hydrogens (tertiary/aromatic N) is 6. The van der Waals surface area contributed by atoms with Crippen molar-refractivity contribution in [3.8, 4) is 10.4 Å². The quantitative estimate of drug-likeness (QED) is 0.0919. The van der Waals surface area contributed by atoms with Crippen LogP contribution in [0.4, 0.5) is 4.39 Å². The molecule has 382 valence electrons. The van der Waals surface area contributed by atoms with Crippen molar-refractivity contribution in [3.63, 3.8) is 0 Å². The van der Waals surface area contributed by atoms with Gasteiger partial charge < -0.3 is 30.1 Å². The molecule has 72 heavy (non-hydrogen) atoms. The first-order valence-electron chi connectivity index (χ1n) is 26.1. The minimum atomic E-state index is -1.96. The molecule has 6 aromatic rings. The van der Waals surface area contributed by atoms with Gasteiger partial charge in [-0.25, -0.2) is 9.37 Å². The Balaban J connectivity index is 0.801. The van der Waals surface area contributed by atoms with Gasteiger partial charge in [-0.2, -0.15) is 4.98 Å². The molecule has 2 saturated heterocycles. The molecule has 2 aliphatic heterocycles. The molecule has 5 atom stereocenters. The van der Waals surface area contributed by atoms with E-state index in [0.29, 0.717) is 29.7 Å². The van der Waals surface area contributed by atoms with Crippen LogP contribution in [0.5, 0.6) is 0 Å². The van der Waals surface area contributed by atoms with Crippen molar-refractivity contribution in [2.24, 2.45) is 11.3 Å². The largest absolute Gasteiger partial charge is 0.391 e. The molecule has 0 radical (unpaired) electrons. The van der Waals surface area contributed by atoms with Crippen LogP contribution in [-0.2, 0) is 14.4 Å². The first-order chi connectivity index (χ1) is 34.5. The summed E-state index contributed by atoms with van der Waals surface area (Å²) in [6.07, 6.45) is 8.58. The average Bonchev–Trinajstić information content (AvgIpc) is 3.81. The maximum atomic E-state index is 14.8. The lowest BCUT2D eigenvalue weighted by molar-refractivity contribution is -0.145. The number of rotatable bonds is 15. The summed E-state index contributed by atoms with van der Waals surface area (Å²) in [4.78, 5) is 69.2. The second-order valence-electron chi connectivity index (χ2n) is 22.4. The van der Waals surface area contributed by atoms with E-state index >= 15 is 0 Å². The number of aliphatic hydroxyl groups excluding tert-OH is 1. The van der Waals surface area contributed by atoms with Crippen LogP contribution in [0, 0.1) is 18.3 Å². The van der Waals surface area contributed by atoms with Crippen molar-refractivity contribution >= 4 is 72.7 Å². The minimum absolute atomic E-state index is 0.0553. The summed E-state index contributed by atoms with van der Waals surface area (Å²) in [6, 6.07) is 19.0. The number of β-amino-alcohol motifs (C(OH)–C–C–N with tert-alkyl or cyclic N) is 1. The molecule has 3 aromatic carbocycles. The number of halogens is 2. The van der Waals surface area contributed by atoms with Crippen LogP contribution in [0.3, 0.4) is 0 Å². The zero-order chi connectivity index (χ0) is 50.6. The number of imidazole rings is 1. The highest BCUT2D eigenvalue weighted by molar-refractivity contribution is 9.10. The predicted octanol–water partition coefficient (Wildman–Crippen LogP) is 9.95. The third kappa shape index (κ3) is 10.1. The van der Waals surface area contributed by atoms with E-state index in [-0.39, 0.29) is 43.3 Å². The number of aliphatic hydroxyl groups is 1. The Labute approximate surface area is 433 Å². The van der Waals surface area contributed by atoms with Crippen molar-refractivity contribution < 1.29 is 23.9 Å². The number of piperidine rings is 1. The standard InChI is InChI=1S/C56H68BrFN8O5S/c1-33(21-26-63-27-22-35(23-28-63)38-18-20-43-45(29-38)65(39-9-6-7-10-39)54-62-51(69)47-41(57)11-8-12-44(47)66(43)54)13-19-42(36-14-16-37(17-15-36)48-34(2)59-32-72-48)60-50(68)46-30-40(67)31-64(46)52(70)49(55(3,4)5)61-53(71)56(58)24-25-56/h8,11-12,14-18,20,29,32-33,35,39-40,42,46,49,67H,6-7,9-10,13,19,21-28,30-31H2,1-5H3,(H,60,68)(H,61,71)/t33-,40+,42+,46-,49+/m0/s1. The molecule has 3 amide bonds. The van der Waals surface area contributed by atoms with Crippen molar-refractivity contribution in [3.05, 3.63) is 97.8 Å². The summed E-state index contributed by atoms with van der Waals surface area (Å²) in [5, 5.41) is 17.5. The number of alkyl halides is 1. The van der Waals surface area contributed by atoms with Crippen molar-refractivity contribution in [2.45, 2.75) is 154 Å². The molecular weight excluding hydrogens is 996 g/mol. The Hall–Kier alpha value is -5.03. The van der Waals surface area contributed by atoms with Gasteiger partial charge in [0.1, 0.15) is 12.1 Å². The number of thiazole rings is 1. The fourth-order valence-corrected chi connectivity index (χ4v) is 13.0. The van der Waals surface area contributed by atoms with E-state index < -0.39 is 41.1 Å². The number of benzene rings is 3. The van der Waals surface area contributed by atoms with E-state index in [4.69, 9.17) is 4.98 Å². The van der Waals surface area contributed by atoms with E-state index in [9.17, 15) is 28.7 Å². The molecule has 0 unspecified atom stereocenters. The lowest BCUT2D eigenvalue weighted by Gasteiger charge is -2.36. The third-order valence-electron chi connectivity index (χ3n) is 16.2. The minimum Gasteiger partial charge on any atom is -0.391 e. The fraction of sp³-hybridized carbons (Fsp3) is 0.536. The number of carbonyl (C=O) groups is 3. The number of hydrogen-bond donors (Lipinski definition) is 3. The molecule has 2 saturated carbocycles. The lowest BCUT2D eigenvalue weighted by atomic mass is 9.85. The summed E-state index contributed by atoms with van der Waals surface area (Å²) in [7, 11) is 0. The number of amides is 3. The Kier molecular flexibility index (Phi) is 14.3. The van der Waals surface area contributed by atoms with Gasteiger partial charge in [-0.3, -0.25) is 23.6 Å². The SMILES string of the molecule is Cc1ncsc1-c1ccc([C@@H](CC[C@H](C)CCN2CCC(c3ccc4c(c3)n(C3CCCC3)c3nc(=O)c5c(Br)cccc5n43)CC2)NC(=O)[C@@H]2C[C@@H](O)CN2C(=O)[C@@H](NC(=O)C2(F)CC2)C(C)(C)C)cc1. The first-order valence-corrected chi connectivity index (χ1v) is 27.8. The summed E-state index contributed by atoms with van der Waals surface area (Å²) < 4.78 is 20.1. The summed E-state index contributed by atoms with van der Waals surface area (Å²) in [6.45, 7) is 12.6. The van der Waals surface area contributed by atoms with E-state index in [1.165, 1.54) is 23.3 Å². The van der Waals surface area contributed by atoms with Gasteiger partial charge in [0, 0.05) is 23.5 Å². The average molecular weight is 1060 g/mol. The fourth-order valence-electron chi connectivity index (χ4n) is 11.7. The zero-order valence-electron chi connectivity index (χ0n) is 42.1. The second-order valence-corrected chi connectivity index (χ2v) is 24.1. The molecule has 4 aliphatic rings. The van der Waals surface area contributed by atoms with Crippen LogP contribution in [0.15, 0.2) is 75.4 Å². The van der Waals surface area contributed by atoms with Gasteiger partial charge >= 0.3 is 0 Å². The first kappa shape index (κ1) is 50.5. The van der Waals surface area contributed by atoms with Crippen LogP contribution in [0.1, 0.15) is 140 Å². The number of carbonyl (C=O) groups excluding carboxylic acids is 3. The van der Waals surface area contributed by atoms with Gasteiger partial charge in [0.15, 0.2) is 5.67 Å². The van der Waals surface area contributed by atoms with Gasteiger partial charge in [0.05, 0.1) is 50.2 Å². The van der Waals surface area contributed by atoms with Gasteiger partial charge in [-0.15, -0.1) is 11.3 Å². The van der Waals surface area contributed by atoms with E-state index in [1.807, 2.05) is 30.6 Å². The molecule has 5 heterocycles. The monoisotopic (exact) mass is 1060 g/mol. The number of hydrogen-bond acceptors (Lipinski definition) is 9. The second kappa shape index (κ2) is 20.4. The van der Waals surface area contributed by atoms with Crippen LogP contribution in [-0.4, -0.2) is 102 Å². The smallest absolute Gasteiger partial charge is 0.283 e. The number of fused-ring (bicyclic) bond motifs is 5. The van der Waals surface area contributed by atoms with Gasteiger partial charge in [-0.05, 0) is 158 Å². The zero-order valence-corrected chi connectivity index (χ0v) is 44.5. The van der Waals surface area contributed by atoms with Gasteiger partial charge in [-0.1, -0.05) is 76.9 Å². The third-order valence-corrected chi connectivity index (χ3v) is 17.8. The highest BCUT2D eigenvalue weighted by atomic mass is 79.9. The van der Waals surface area contributed by atoms with Crippen molar-refractivity contribution in [1.82, 2.24) is 39.4 Å². The molecule has 0 spiro atoms. The molecule has 3 aromatic heterocycles. The predicted molar refractivity (Wildman–Crippen MR) is 285 cm³/mol. The lowest BCUT2D eigenvalue weighted by Crippen LogP contribution is -2.59. The van der Waals surface area contributed by atoms with E-state index in [0.717, 1.165) is 107 Å². The van der Waals surface area contributed by atoms with Crippen LogP contribution >= 0.6 is 27.3 Å². The summed E-state index contributed by atoms with van der Waals surface area (Å²) >= 11 is 5.21. The highest BCUT2D eigenvalue weighted by Crippen LogP contribution is 2.42. The maximum absolute atomic E-state index is 14.8. The molecule has 2 aliphatic carbocycles. The Bertz CT molecular complexity index is 3060. The molecule has 3 N–H and O–H groups in total. The van der Waals surface area contributed by atoms with Crippen LogP contribution in [0.2, 0.25) is 0 Å². The molecule has 16 heteroatoms. The number of aromatic nitrogens is 4. The number of nitrogens with one attached hydrogen (secondary N) is 2. The van der Waals surface area contributed by atoms with Gasteiger partial charge in [0.2, 0.25) is 17.6 Å². The van der Waals surface area contributed by atoms with Gasteiger partial charge in [0.25, 0.3) is 11.5 Å². The normalized spacial score (nSPS) is 21.1. The van der Waals surface area contributed by atoms with E-state index in [2.05, 4.69) is 94.8 Å². The highest BCUT2D eigenvalue weighted by Gasteiger charge is 2.53. The van der Waals surface area contributed by atoms with E-state index in [1.54, 1.807) is 32.1 Å². The maximum Gasteiger partial charge on any atom is 0.283 e. The summed E-state index contributed by atoms with van der Waals surface area (Å²) in [5.41, 5.74) is 6.32. The Morgan fingerprint density at radius 1 is 0.944 bits per heavy atom. The molecule has 0 bridgehead atoms. The molecular formula is C56H68BrFN8O5S. The topological polar surface area (TPSA) is 154 Å². The number of aryl methyl sites for hydroxylation is 1. The summed E-state index contributed by atoms with van der Waals surface area (Å²) in [5.74, 6) is -0.136. The molecule has 10 rings (SSSR count).